The highest BCUT2D eigenvalue weighted by Crippen LogP contribution is 2.29. The third kappa shape index (κ3) is 3.90. The van der Waals surface area contributed by atoms with Crippen LogP contribution in [0, 0.1) is 13.8 Å². The minimum atomic E-state index is -0.303. The van der Waals surface area contributed by atoms with E-state index in [-0.39, 0.29) is 5.91 Å². The van der Waals surface area contributed by atoms with Crippen LogP contribution in [0.5, 0.6) is 0 Å². The highest BCUT2D eigenvalue weighted by molar-refractivity contribution is 7.13. The van der Waals surface area contributed by atoms with E-state index in [4.69, 9.17) is 23.2 Å². The monoisotopic (exact) mass is 496 g/mol. The molecule has 0 aliphatic rings. The van der Waals surface area contributed by atoms with Crippen LogP contribution in [-0.4, -0.2) is 30.3 Å². The van der Waals surface area contributed by atoms with Crippen molar-refractivity contribution in [1.82, 2.24) is 24.4 Å². The number of nitrogens with one attached hydrogen (secondary N) is 1. The van der Waals surface area contributed by atoms with Gasteiger partial charge in [-0.15, -0.1) is 11.3 Å². The summed E-state index contributed by atoms with van der Waals surface area (Å²) in [6, 6.07) is 11.2. The van der Waals surface area contributed by atoms with E-state index >= 15 is 0 Å². The van der Waals surface area contributed by atoms with E-state index < -0.39 is 0 Å². The molecule has 10 heteroatoms. The molecule has 166 valence electrons. The number of anilines is 1. The van der Waals surface area contributed by atoms with Crippen molar-refractivity contribution in [3.63, 3.8) is 0 Å². The van der Waals surface area contributed by atoms with Gasteiger partial charge in [0.25, 0.3) is 5.91 Å². The van der Waals surface area contributed by atoms with Gasteiger partial charge in [-0.1, -0.05) is 35.3 Å². The Morgan fingerprint density at radius 1 is 1.12 bits per heavy atom. The fourth-order valence-electron chi connectivity index (χ4n) is 3.71. The van der Waals surface area contributed by atoms with E-state index in [1.165, 1.54) is 6.20 Å². The lowest BCUT2D eigenvalue weighted by molar-refractivity contribution is 0.102. The van der Waals surface area contributed by atoms with Crippen LogP contribution in [-0.2, 0) is 6.54 Å². The molecule has 0 bridgehead atoms. The molecule has 0 unspecified atom stereocenters. The molecule has 0 aliphatic carbocycles. The number of aryl methyl sites for hydroxylation is 1. The number of hydrogen-bond donors (Lipinski definition) is 1. The quantitative estimate of drug-likeness (QED) is 0.329. The highest BCUT2D eigenvalue weighted by Gasteiger charge is 2.21. The van der Waals surface area contributed by atoms with E-state index in [0.717, 1.165) is 21.8 Å². The van der Waals surface area contributed by atoms with Crippen LogP contribution in [0.25, 0.3) is 16.2 Å². The summed E-state index contributed by atoms with van der Waals surface area (Å²) in [5.74, 6) is -0.303. The van der Waals surface area contributed by atoms with Crippen LogP contribution < -0.4 is 5.32 Å². The van der Waals surface area contributed by atoms with Crippen LogP contribution in [0.3, 0.4) is 0 Å². The SMILES string of the molecule is Cc1nn(Cc2c(Cl)cccc2Cl)c(C)c1NC(=O)c1cnn2c(-c3cccs3)ccnc12. The van der Waals surface area contributed by atoms with E-state index in [9.17, 15) is 4.79 Å². The van der Waals surface area contributed by atoms with E-state index in [0.29, 0.717) is 39.2 Å². The Bertz CT molecular complexity index is 1470. The lowest BCUT2D eigenvalue weighted by Crippen LogP contribution is -2.13. The van der Waals surface area contributed by atoms with Gasteiger partial charge in [0.15, 0.2) is 5.65 Å². The third-order valence-corrected chi connectivity index (χ3v) is 7.01. The maximum absolute atomic E-state index is 13.2. The fraction of sp³-hybridized carbons (Fsp3) is 0.130. The third-order valence-electron chi connectivity index (χ3n) is 5.41. The number of hydrogen-bond acceptors (Lipinski definition) is 5. The summed E-state index contributed by atoms with van der Waals surface area (Å²) >= 11 is 14.3. The number of amides is 1. The van der Waals surface area contributed by atoms with Gasteiger partial charge in [0, 0.05) is 21.8 Å². The number of fused-ring (bicyclic) bond motifs is 1. The second kappa shape index (κ2) is 8.62. The first-order valence-electron chi connectivity index (χ1n) is 10.1. The normalized spacial score (nSPS) is 11.3. The average molecular weight is 497 g/mol. The van der Waals surface area contributed by atoms with Crippen LogP contribution in [0.1, 0.15) is 27.3 Å². The number of carbonyl (C=O) groups is 1. The van der Waals surface area contributed by atoms with Crippen molar-refractivity contribution in [1.29, 1.82) is 0 Å². The predicted molar refractivity (Wildman–Crippen MR) is 132 cm³/mol. The molecule has 0 fully saturated rings. The summed E-state index contributed by atoms with van der Waals surface area (Å²) in [5.41, 5.74) is 4.64. The molecule has 0 aliphatic heterocycles. The molecule has 7 nitrogen and oxygen atoms in total. The van der Waals surface area contributed by atoms with E-state index in [2.05, 4.69) is 20.5 Å². The molecule has 4 aromatic heterocycles. The molecule has 33 heavy (non-hydrogen) atoms. The minimum Gasteiger partial charge on any atom is -0.319 e. The summed E-state index contributed by atoms with van der Waals surface area (Å²) in [4.78, 5) is 18.6. The Hall–Kier alpha value is -3.20. The van der Waals surface area contributed by atoms with Crippen LogP contribution in [0.2, 0.25) is 10.0 Å². The Morgan fingerprint density at radius 3 is 2.64 bits per heavy atom. The molecular formula is C23H18Cl2N6OS. The molecule has 0 spiro atoms. The summed E-state index contributed by atoms with van der Waals surface area (Å²) in [7, 11) is 0. The number of thiophene rings is 1. The van der Waals surface area contributed by atoms with Gasteiger partial charge in [0.1, 0.15) is 5.56 Å². The smallest absolute Gasteiger partial charge is 0.261 e. The van der Waals surface area contributed by atoms with Crippen molar-refractivity contribution < 1.29 is 4.79 Å². The summed E-state index contributed by atoms with van der Waals surface area (Å²) in [5, 5.41) is 15.1. The van der Waals surface area contributed by atoms with Gasteiger partial charge in [0.05, 0.1) is 40.4 Å². The largest absolute Gasteiger partial charge is 0.319 e. The first-order chi connectivity index (χ1) is 15.9. The zero-order chi connectivity index (χ0) is 23.1. The maximum atomic E-state index is 13.2. The van der Waals surface area contributed by atoms with Gasteiger partial charge < -0.3 is 5.32 Å². The Balaban J connectivity index is 1.45. The molecular weight excluding hydrogens is 479 g/mol. The number of benzene rings is 1. The van der Waals surface area contributed by atoms with Crippen molar-refractivity contribution in [3.05, 3.63) is 86.7 Å². The van der Waals surface area contributed by atoms with Crippen molar-refractivity contribution in [2.24, 2.45) is 0 Å². The minimum absolute atomic E-state index is 0.303. The summed E-state index contributed by atoms with van der Waals surface area (Å²) in [6.07, 6.45) is 3.22. The molecule has 0 saturated heterocycles. The first-order valence-corrected chi connectivity index (χ1v) is 11.7. The molecule has 0 radical (unpaired) electrons. The van der Waals surface area contributed by atoms with E-state index in [1.54, 1.807) is 44.9 Å². The van der Waals surface area contributed by atoms with Gasteiger partial charge in [-0.05, 0) is 43.5 Å². The van der Waals surface area contributed by atoms with Crippen LogP contribution >= 0.6 is 34.5 Å². The topological polar surface area (TPSA) is 77.1 Å². The van der Waals surface area contributed by atoms with E-state index in [1.807, 2.05) is 37.4 Å². The molecule has 4 heterocycles. The van der Waals surface area contributed by atoms with Gasteiger partial charge in [0.2, 0.25) is 0 Å². The number of halogens is 2. The number of rotatable bonds is 5. The van der Waals surface area contributed by atoms with Crippen molar-refractivity contribution in [3.8, 4) is 10.6 Å². The van der Waals surface area contributed by atoms with Crippen LogP contribution in [0.4, 0.5) is 5.69 Å². The zero-order valence-electron chi connectivity index (χ0n) is 17.7. The Kier molecular flexibility index (Phi) is 5.65. The highest BCUT2D eigenvalue weighted by atomic mass is 35.5. The van der Waals surface area contributed by atoms with Gasteiger partial charge >= 0.3 is 0 Å². The molecule has 5 rings (SSSR count). The molecule has 1 aromatic carbocycles. The fourth-order valence-corrected chi connectivity index (χ4v) is 4.96. The lowest BCUT2D eigenvalue weighted by Gasteiger charge is -2.09. The summed E-state index contributed by atoms with van der Waals surface area (Å²) in [6.45, 7) is 4.13. The number of carbonyl (C=O) groups excluding carboxylic acids is 1. The standard InChI is InChI=1S/C23H18Cl2N6OS/c1-13-21(14(2)30(29-13)12-16-17(24)5-3-6-18(16)25)28-23(32)15-11-27-31-19(8-9-26-22(15)31)20-7-4-10-33-20/h3-11H,12H2,1-2H3,(H,28,32). The van der Waals surface area contributed by atoms with Crippen molar-refractivity contribution in [2.45, 2.75) is 20.4 Å². The number of aromatic nitrogens is 5. The maximum Gasteiger partial charge on any atom is 0.261 e. The van der Waals surface area contributed by atoms with Gasteiger partial charge in [-0.3, -0.25) is 9.48 Å². The second-order valence-electron chi connectivity index (χ2n) is 7.46. The second-order valence-corrected chi connectivity index (χ2v) is 9.22. The Morgan fingerprint density at radius 2 is 1.91 bits per heavy atom. The molecule has 5 aromatic rings. The van der Waals surface area contributed by atoms with Gasteiger partial charge in [-0.25, -0.2) is 9.50 Å². The van der Waals surface area contributed by atoms with Gasteiger partial charge in [-0.2, -0.15) is 10.2 Å². The summed E-state index contributed by atoms with van der Waals surface area (Å²) < 4.78 is 3.46. The zero-order valence-corrected chi connectivity index (χ0v) is 20.0. The number of nitrogens with zero attached hydrogens (tertiary/aromatic N) is 5. The molecule has 0 atom stereocenters. The average Bonchev–Trinajstić information content (AvgIpc) is 3.53. The molecule has 1 N–H and O–H groups in total. The van der Waals surface area contributed by atoms with Crippen LogP contribution in [0.15, 0.2) is 54.2 Å². The van der Waals surface area contributed by atoms with Crippen molar-refractivity contribution in [2.75, 3.05) is 5.32 Å². The Labute approximate surface area is 203 Å². The first kappa shape index (κ1) is 21.6. The molecule has 1 amide bonds. The lowest BCUT2D eigenvalue weighted by atomic mass is 10.2. The predicted octanol–water partition coefficient (Wildman–Crippen LogP) is 5.88. The van der Waals surface area contributed by atoms with Crippen molar-refractivity contribution >= 4 is 51.8 Å². The molecule has 0 saturated carbocycles.